The third-order valence-corrected chi connectivity index (χ3v) is 6.61. The second-order valence-electron chi connectivity index (χ2n) is 7.41. The van der Waals surface area contributed by atoms with Crippen molar-refractivity contribution in [1.29, 1.82) is 0 Å². The number of hydrogen-bond donors (Lipinski definition) is 4. The number of aliphatic hydroxyl groups excluding tert-OH is 1. The predicted octanol–water partition coefficient (Wildman–Crippen LogP) is 0.847. The van der Waals surface area contributed by atoms with E-state index in [1.807, 2.05) is 0 Å². The number of carbonyl (C=O) groups excluding carboxylic acids is 1. The van der Waals surface area contributed by atoms with Crippen molar-refractivity contribution in [3.63, 3.8) is 0 Å². The number of nitrogens with one attached hydrogen (secondary N) is 2. The van der Waals surface area contributed by atoms with Gasteiger partial charge in [-0.15, -0.1) is 5.10 Å². The quantitative estimate of drug-likeness (QED) is 0.347. The molecule has 2 aromatic rings. The van der Waals surface area contributed by atoms with Gasteiger partial charge in [-0.05, 0) is 25.1 Å². The number of hydrogen-bond acceptors (Lipinski definition) is 8. The highest BCUT2D eigenvalue weighted by atomic mass is 32.2. The lowest BCUT2D eigenvalue weighted by Crippen LogP contribution is -2.48. The molecule has 0 saturated heterocycles. The van der Waals surface area contributed by atoms with Gasteiger partial charge in [-0.1, -0.05) is 0 Å². The zero-order chi connectivity index (χ0) is 24.9. The van der Waals surface area contributed by atoms with Crippen molar-refractivity contribution in [2.24, 2.45) is 0 Å². The highest BCUT2D eigenvalue weighted by Crippen LogP contribution is 2.40. The van der Waals surface area contributed by atoms with Crippen LogP contribution in [0.4, 0.5) is 16.2 Å². The smallest absolute Gasteiger partial charge is 0.409 e. The number of carbonyl (C=O) groups is 2. The number of aromatic nitrogens is 2. The van der Waals surface area contributed by atoms with Crippen LogP contribution in [-0.4, -0.2) is 72.8 Å². The fourth-order valence-corrected chi connectivity index (χ4v) is 4.86. The minimum Gasteiger partial charge on any atom is -0.484 e. The Labute approximate surface area is 196 Å². The van der Waals surface area contributed by atoms with Gasteiger partial charge in [-0.25, -0.2) is 13.2 Å². The van der Waals surface area contributed by atoms with Crippen LogP contribution < -0.4 is 24.4 Å². The summed E-state index contributed by atoms with van der Waals surface area (Å²) in [7, 11) is -4.25. The lowest BCUT2D eigenvalue weighted by Gasteiger charge is -2.35. The van der Waals surface area contributed by atoms with Crippen molar-refractivity contribution in [2.45, 2.75) is 37.8 Å². The number of rotatable bonds is 10. The van der Waals surface area contributed by atoms with Crippen LogP contribution in [0, 0.1) is 0 Å². The first-order valence-electron chi connectivity index (χ1n) is 10.5. The molecule has 4 N–H and O–H groups in total. The molecular formula is C20H27N5O8S. The molecule has 0 radical (unpaired) electrons. The molecule has 1 atom stereocenters. The monoisotopic (exact) mass is 497 g/mol. The van der Waals surface area contributed by atoms with E-state index in [1.54, 1.807) is 6.92 Å². The number of anilines is 2. The predicted molar refractivity (Wildman–Crippen MR) is 121 cm³/mol. The minimum absolute atomic E-state index is 0.0595. The normalized spacial score (nSPS) is 15.3. The fraction of sp³-hybridized carbons (Fsp3) is 0.450. The van der Waals surface area contributed by atoms with Crippen molar-refractivity contribution in [3.8, 4) is 11.6 Å². The maximum absolute atomic E-state index is 13.8. The van der Waals surface area contributed by atoms with Crippen molar-refractivity contribution in [1.82, 2.24) is 15.1 Å². The number of amides is 2. The molecular weight excluding hydrogens is 470 g/mol. The van der Waals surface area contributed by atoms with Crippen molar-refractivity contribution in [2.75, 3.05) is 35.9 Å². The Hall–Kier alpha value is -3.52. The van der Waals surface area contributed by atoms with Crippen LogP contribution >= 0.6 is 0 Å². The zero-order valence-electron chi connectivity index (χ0n) is 18.7. The van der Waals surface area contributed by atoms with Crippen molar-refractivity contribution < 1.29 is 37.7 Å². The first-order chi connectivity index (χ1) is 16.1. The summed E-state index contributed by atoms with van der Waals surface area (Å²) in [6.45, 7) is 3.37. The largest absolute Gasteiger partial charge is 0.484 e. The molecule has 1 aromatic carbocycles. The first kappa shape index (κ1) is 25.1. The summed E-state index contributed by atoms with van der Waals surface area (Å²) >= 11 is 0. The molecule has 0 bridgehead atoms. The lowest BCUT2D eigenvalue weighted by atomic mass is 10.2. The molecule has 14 heteroatoms. The van der Waals surface area contributed by atoms with E-state index >= 15 is 0 Å². The average molecular weight is 498 g/mol. The fourth-order valence-electron chi connectivity index (χ4n) is 3.28. The maximum atomic E-state index is 13.8. The van der Waals surface area contributed by atoms with Crippen LogP contribution in [0.15, 0.2) is 29.3 Å². The number of aliphatic hydroxyl groups is 1. The van der Waals surface area contributed by atoms with E-state index in [2.05, 4.69) is 15.7 Å². The molecule has 1 aliphatic heterocycles. The van der Waals surface area contributed by atoms with E-state index in [0.717, 1.165) is 4.31 Å². The molecule has 1 aliphatic rings. The van der Waals surface area contributed by atoms with Gasteiger partial charge in [0.2, 0.25) is 5.91 Å². The lowest BCUT2D eigenvalue weighted by molar-refractivity contribution is -0.119. The van der Waals surface area contributed by atoms with Gasteiger partial charge < -0.3 is 25.0 Å². The average Bonchev–Trinajstić information content (AvgIpc) is 3.21. The Morgan fingerprint density at radius 1 is 1.35 bits per heavy atom. The van der Waals surface area contributed by atoms with Gasteiger partial charge in [0.1, 0.15) is 11.9 Å². The number of fused-ring (bicyclic) bond motifs is 1. The van der Waals surface area contributed by atoms with Crippen LogP contribution in [0.3, 0.4) is 0 Å². The van der Waals surface area contributed by atoms with Gasteiger partial charge >= 0.3 is 6.09 Å². The van der Waals surface area contributed by atoms with Gasteiger partial charge in [0.15, 0.2) is 4.90 Å². The molecule has 186 valence electrons. The Bertz CT molecular complexity index is 1150. The second-order valence-corrected chi connectivity index (χ2v) is 9.24. The van der Waals surface area contributed by atoms with Gasteiger partial charge in [0.25, 0.3) is 15.9 Å². The highest BCUT2D eigenvalue weighted by Gasteiger charge is 2.38. The second kappa shape index (κ2) is 10.6. The summed E-state index contributed by atoms with van der Waals surface area (Å²) in [5.41, 5.74) is 0.273. The maximum Gasteiger partial charge on any atom is 0.409 e. The van der Waals surface area contributed by atoms with Crippen LogP contribution in [0.25, 0.3) is 0 Å². The molecule has 2 heterocycles. The van der Waals surface area contributed by atoms with Gasteiger partial charge in [0, 0.05) is 38.4 Å². The molecule has 34 heavy (non-hydrogen) atoms. The van der Waals surface area contributed by atoms with Gasteiger partial charge in [-0.2, -0.15) is 0 Å². The summed E-state index contributed by atoms with van der Waals surface area (Å²) in [4.78, 5) is 22.3. The number of ether oxygens (including phenoxy) is 2. The SMILES string of the molecule is CCn1cc(S(=O)(=O)N2CC(CNC(C)=O)Oc3ccc(NC(=O)O)cc32)c(OCCCO)n1. The van der Waals surface area contributed by atoms with E-state index in [-0.39, 0.29) is 60.1 Å². The number of carboxylic acid groups (broad SMARTS) is 1. The number of nitrogens with zero attached hydrogens (tertiary/aromatic N) is 3. The Morgan fingerprint density at radius 2 is 2.12 bits per heavy atom. The summed E-state index contributed by atoms with van der Waals surface area (Å²) in [6, 6.07) is 4.25. The third kappa shape index (κ3) is 5.69. The number of benzene rings is 1. The van der Waals surface area contributed by atoms with Crippen molar-refractivity contribution in [3.05, 3.63) is 24.4 Å². The van der Waals surface area contributed by atoms with Crippen LogP contribution in [0.1, 0.15) is 20.3 Å². The molecule has 0 saturated carbocycles. The Kier molecular flexibility index (Phi) is 7.83. The number of aryl methyl sites for hydroxylation is 1. The molecule has 0 spiro atoms. The van der Waals surface area contributed by atoms with E-state index in [4.69, 9.17) is 19.7 Å². The number of sulfonamides is 1. The van der Waals surface area contributed by atoms with Crippen LogP contribution in [0.5, 0.6) is 11.6 Å². The first-order valence-corrected chi connectivity index (χ1v) is 12.0. The molecule has 0 fully saturated rings. The molecule has 2 amide bonds. The van der Waals surface area contributed by atoms with Crippen LogP contribution in [0.2, 0.25) is 0 Å². The van der Waals surface area contributed by atoms with Gasteiger partial charge in [-0.3, -0.25) is 19.1 Å². The van der Waals surface area contributed by atoms with E-state index in [0.29, 0.717) is 13.0 Å². The topological polar surface area (TPSA) is 172 Å². The highest BCUT2D eigenvalue weighted by molar-refractivity contribution is 7.93. The van der Waals surface area contributed by atoms with E-state index in [9.17, 15) is 18.0 Å². The third-order valence-electron chi connectivity index (χ3n) is 4.85. The summed E-state index contributed by atoms with van der Waals surface area (Å²) in [5.74, 6) is -0.207. The van der Waals surface area contributed by atoms with E-state index < -0.39 is 22.2 Å². The summed E-state index contributed by atoms with van der Waals surface area (Å²) < 4.78 is 41.5. The van der Waals surface area contributed by atoms with E-state index in [1.165, 1.54) is 36.0 Å². The molecule has 3 rings (SSSR count). The summed E-state index contributed by atoms with van der Waals surface area (Å²) in [6.07, 6.45) is -0.370. The Morgan fingerprint density at radius 3 is 2.76 bits per heavy atom. The minimum atomic E-state index is -4.25. The molecule has 13 nitrogen and oxygen atoms in total. The zero-order valence-corrected chi connectivity index (χ0v) is 19.5. The van der Waals surface area contributed by atoms with Crippen molar-refractivity contribution >= 4 is 33.4 Å². The van der Waals surface area contributed by atoms with Gasteiger partial charge in [0.05, 0.1) is 25.4 Å². The summed E-state index contributed by atoms with van der Waals surface area (Å²) in [5, 5.41) is 27.1. The molecule has 1 unspecified atom stereocenters. The standard InChI is InChI=1S/C20H27N5O8S/c1-3-24-12-18(19(23-24)32-8-4-7-26)34(30,31)25-11-15(10-21-13(2)27)33-17-6-5-14(9-16(17)25)22-20(28)29/h5-6,9,12,15,22,26H,3-4,7-8,10-11H2,1-2H3,(H,21,27)(H,28,29). The van der Waals surface area contributed by atoms with Crippen LogP contribution in [-0.2, 0) is 21.4 Å². The molecule has 1 aromatic heterocycles. The Balaban J connectivity index is 2.05. The molecule has 0 aliphatic carbocycles.